The zero-order valence-corrected chi connectivity index (χ0v) is 5.88. The molecule has 1 rings (SSSR count). The molecular formula is C6H12O5. The molecule has 3 N–H and O–H groups in total. The normalized spacial score (nSPS) is 45.9. The molecule has 0 aliphatic carbocycles. The number of hydrogen-bond donors (Lipinski definition) is 3. The second-order valence-corrected chi connectivity index (χ2v) is 2.37. The Hall–Kier alpha value is -0.200. The zero-order valence-electron chi connectivity index (χ0n) is 6.88. The summed E-state index contributed by atoms with van der Waals surface area (Å²) < 4.78 is 16.2. The number of aliphatic hydroxyl groups excluding tert-OH is 3. The molecule has 0 saturated carbocycles. The molecule has 0 spiro atoms. The molecule has 1 aliphatic heterocycles. The molecule has 0 bridgehead atoms. The van der Waals surface area contributed by atoms with Crippen molar-refractivity contribution < 1.29 is 26.2 Å². The minimum absolute atomic E-state index is 0.355. The Balaban J connectivity index is 2.48. The van der Waals surface area contributed by atoms with Gasteiger partial charge in [-0.3, -0.25) is 0 Å². The van der Waals surface area contributed by atoms with Gasteiger partial charge >= 0.3 is 0 Å². The van der Waals surface area contributed by atoms with Crippen LogP contribution in [-0.2, 0) is 9.47 Å². The average molecular weight is 165 g/mol. The van der Waals surface area contributed by atoms with E-state index in [-0.39, 0.29) is 13.7 Å². The molecular weight excluding hydrogens is 152 g/mol. The molecule has 0 amide bonds. The van der Waals surface area contributed by atoms with Crippen molar-refractivity contribution in [3.8, 4) is 0 Å². The summed E-state index contributed by atoms with van der Waals surface area (Å²) in [4.78, 5) is 0. The highest BCUT2D eigenvalue weighted by molar-refractivity contribution is 4.85. The Morgan fingerprint density at radius 3 is 2.73 bits per heavy atom. The minimum Gasteiger partial charge on any atom is -0.394 e. The van der Waals surface area contributed by atoms with Crippen molar-refractivity contribution in [1.82, 2.24) is 0 Å². The van der Waals surface area contributed by atoms with E-state index < -0.39 is 24.6 Å². The second kappa shape index (κ2) is 3.46. The maximum atomic E-state index is 9.20. The summed E-state index contributed by atoms with van der Waals surface area (Å²) in [6, 6.07) is 0. The second-order valence-electron chi connectivity index (χ2n) is 2.37. The quantitative estimate of drug-likeness (QED) is 0.444. The van der Waals surface area contributed by atoms with E-state index in [2.05, 4.69) is 4.74 Å². The van der Waals surface area contributed by atoms with E-state index in [9.17, 15) is 10.2 Å². The molecule has 66 valence electrons. The molecule has 0 aromatic carbocycles. The van der Waals surface area contributed by atoms with Crippen LogP contribution < -0.4 is 0 Å². The van der Waals surface area contributed by atoms with E-state index in [1.165, 1.54) is 0 Å². The van der Waals surface area contributed by atoms with Crippen LogP contribution in [0.4, 0.5) is 0 Å². The van der Waals surface area contributed by atoms with Gasteiger partial charge in [0.05, 0.1) is 7.98 Å². The maximum Gasteiger partial charge on any atom is 0.186 e. The van der Waals surface area contributed by atoms with Gasteiger partial charge in [-0.05, 0) is 0 Å². The fraction of sp³-hybridized carbons (Fsp3) is 1.00. The molecule has 1 saturated heterocycles. The first-order valence-corrected chi connectivity index (χ1v) is 3.24. The molecule has 1 unspecified atom stereocenters. The topological polar surface area (TPSA) is 79.2 Å². The summed E-state index contributed by atoms with van der Waals surface area (Å²) in [7, 11) is -0.355. The van der Waals surface area contributed by atoms with E-state index in [1.807, 2.05) is 0 Å². The van der Waals surface area contributed by atoms with Gasteiger partial charge in [-0.25, -0.2) is 0 Å². The molecule has 5 heteroatoms. The van der Waals surface area contributed by atoms with Crippen molar-refractivity contribution in [2.45, 2.75) is 24.6 Å². The number of aliphatic hydroxyl groups is 3. The number of ether oxygens (including phenoxy) is 2. The Morgan fingerprint density at radius 2 is 2.27 bits per heavy atom. The van der Waals surface area contributed by atoms with Crippen LogP contribution in [0, 0.1) is 0 Å². The smallest absolute Gasteiger partial charge is 0.186 e. The SMILES string of the molecule is [2H]COC1O[C@H](CO)[C@@H](O)[C@H]1O. The van der Waals surface area contributed by atoms with Crippen LogP contribution >= 0.6 is 0 Å². The molecule has 1 fully saturated rings. The zero-order chi connectivity index (χ0) is 9.14. The van der Waals surface area contributed by atoms with E-state index in [0.717, 1.165) is 0 Å². The lowest BCUT2D eigenvalue weighted by molar-refractivity contribution is -0.153. The summed E-state index contributed by atoms with van der Waals surface area (Å²) in [6.45, 7) is -0.379. The van der Waals surface area contributed by atoms with Crippen molar-refractivity contribution in [2.24, 2.45) is 0 Å². The lowest BCUT2D eigenvalue weighted by Crippen LogP contribution is -2.34. The molecule has 5 nitrogen and oxygen atoms in total. The first kappa shape index (κ1) is 7.45. The lowest BCUT2D eigenvalue weighted by atomic mass is 10.1. The van der Waals surface area contributed by atoms with E-state index in [4.69, 9.17) is 11.2 Å². The van der Waals surface area contributed by atoms with Gasteiger partial charge in [-0.15, -0.1) is 0 Å². The fourth-order valence-electron chi connectivity index (χ4n) is 1.00. The van der Waals surface area contributed by atoms with Gasteiger partial charge in [0, 0.05) is 7.09 Å². The Bertz CT molecular complexity index is 144. The third kappa shape index (κ3) is 1.52. The summed E-state index contributed by atoms with van der Waals surface area (Å²) in [5, 5.41) is 27.0. The van der Waals surface area contributed by atoms with Crippen LogP contribution in [0.5, 0.6) is 0 Å². The summed E-state index contributed by atoms with van der Waals surface area (Å²) in [5.41, 5.74) is 0. The average Bonchev–Trinajstić information content (AvgIpc) is 2.33. The standard InChI is InChI=1S/C6H12O5/c1-10-6-5(9)4(8)3(2-7)11-6/h3-9H,2H2,1H3/t3-,4-,5-,6?/m1/s1/i1D. The predicted molar refractivity (Wildman–Crippen MR) is 34.8 cm³/mol. The Kier molecular flexibility index (Phi) is 2.35. The van der Waals surface area contributed by atoms with E-state index in [0.29, 0.717) is 0 Å². The molecule has 0 aromatic heterocycles. The third-order valence-electron chi connectivity index (χ3n) is 1.66. The fourth-order valence-corrected chi connectivity index (χ4v) is 1.00. The lowest BCUT2D eigenvalue weighted by Gasteiger charge is -2.11. The molecule has 4 atom stereocenters. The van der Waals surface area contributed by atoms with Gasteiger partial charge in [-0.1, -0.05) is 0 Å². The van der Waals surface area contributed by atoms with Crippen molar-refractivity contribution in [1.29, 1.82) is 0 Å². The molecule has 1 aliphatic rings. The van der Waals surface area contributed by atoms with Gasteiger partial charge in [0.25, 0.3) is 0 Å². The van der Waals surface area contributed by atoms with Crippen LogP contribution in [0.15, 0.2) is 0 Å². The largest absolute Gasteiger partial charge is 0.394 e. The van der Waals surface area contributed by atoms with Crippen molar-refractivity contribution in [3.05, 3.63) is 0 Å². The Morgan fingerprint density at radius 1 is 1.55 bits per heavy atom. The van der Waals surface area contributed by atoms with Crippen LogP contribution in [0.2, 0.25) is 0 Å². The van der Waals surface area contributed by atoms with Gasteiger partial charge in [0.2, 0.25) is 0 Å². The maximum absolute atomic E-state index is 9.20. The van der Waals surface area contributed by atoms with Crippen molar-refractivity contribution in [3.63, 3.8) is 0 Å². The minimum atomic E-state index is -1.19. The summed E-state index contributed by atoms with van der Waals surface area (Å²) in [5.74, 6) is 0. The third-order valence-corrected chi connectivity index (χ3v) is 1.66. The molecule has 11 heavy (non-hydrogen) atoms. The number of hydrogen-bond acceptors (Lipinski definition) is 5. The van der Waals surface area contributed by atoms with Crippen LogP contribution in [-0.4, -0.2) is 53.6 Å². The van der Waals surface area contributed by atoms with E-state index >= 15 is 0 Å². The Labute approximate surface area is 65.6 Å². The van der Waals surface area contributed by atoms with E-state index in [1.54, 1.807) is 0 Å². The van der Waals surface area contributed by atoms with Gasteiger partial charge in [-0.2, -0.15) is 0 Å². The van der Waals surface area contributed by atoms with Crippen molar-refractivity contribution >= 4 is 0 Å². The first-order chi connectivity index (χ1) is 5.70. The highest BCUT2D eigenvalue weighted by Crippen LogP contribution is 2.20. The number of rotatable bonds is 2. The van der Waals surface area contributed by atoms with Gasteiger partial charge < -0.3 is 24.8 Å². The predicted octanol–water partition coefficient (Wildman–Crippen LogP) is -1.93. The molecule has 0 radical (unpaired) electrons. The highest BCUT2D eigenvalue weighted by Gasteiger charge is 2.42. The van der Waals surface area contributed by atoms with Crippen LogP contribution in [0.3, 0.4) is 0 Å². The molecule has 1 heterocycles. The highest BCUT2D eigenvalue weighted by atomic mass is 16.7. The van der Waals surface area contributed by atoms with Gasteiger partial charge in [0.1, 0.15) is 18.3 Å². The van der Waals surface area contributed by atoms with Crippen LogP contribution in [0.1, 0.15) is 1.37 Å². The van der Waals surface area contributed by atoms with Crippen molar-refractivity contribution in [2.75, 3.05) is 13.7 Å². The summed E-state index contributed by atoms with van der Waals surface area (Å²) in [6.07, 6.45) is -4.16. The monoisotopic (exact) mass is 165 g/mol. The van der Waals surface area contributed by atoms with Crippen LogP contribution in [0.25, 0.3) is 0 Å². The first-order valence-electron chi connectivity index (χ1n) is 3.94. The number of methoxy groups -OCH3 is 1. The molecule has 0 aromatic rings. The van der Waals surface area contributed by atoms with Gasteiger partial charge in [0.15, 0.2) is 6.29 Å². The summed E-state index contributed by atoms with van der Waals surface area (Å²) >= 11 is 0.